The van der Waals surface area contributed by atoms with E-state index in [1.54, 1.807) is 17.7 Å². The highest BCUT2D eigenvalue weighted by atomic mass is 32.1. The zero-order chi connectivity index (χ0) is 29.7. The van der Waals surface area contributed by atoms with Crippen LogP contribution in [-0.4, -0.2) is 52.2 Å². The molecule has 1 N–H and O–H groups in total. The second kappa shape index (κ2) is 12.9. The van der Waals surface area contributed by atoms with Crippen LogP contribution in [0.5, 0.6) is 0 Å². The van der Waals surface area contributed by atoms with Gasteiger partial charge >= 0.3 is 12.1 Å². The molecular weight excluding hydrogens is 548 g/mol. The molecule has 3 heterocycles. The summed E-state index contributed by atoms with van der Waals surface area (Å²) in [5.74, 6) is 0.942. The molecule has 1 fully saturated rings. The van der Waals surface area contributed by atoms with Gasteiger partial charge in [0.05, 0.1) is 16.3 Å². The number of likely N-dealkylation sites (tertiary alicyclic amines) is 1. The average Bonchev–Trinajstić information content (AvgIpc) is 3.41. The van der Waals surface area contributed by atoms with Crippen LogP contribution in [0.25, 0.3) is 20.7 Å². The number of benzene rings is 2. The van der Waals surface area contributed by atoms with Crippen molar-refractivity contribution in [2.45, 2.75) is 58.6 Å². The molecule has 4 aromatic rings. The van der Waals surface area contributed by atoms with Crippen LogP contribution in [0, 0.1) is 5.92 Å². The Morgan fingerprint density at radius 2 is 1.76 bits per heavy atom. The van der Waals surface area contributed by atoms with Gasteiger partial charge in [0.25, 0.3) is 0 Å². The average molecular weight is 587 g/mol. The van der Waals surface area contributed by atoms with E-state index >= 15 is 0 Å². The second-order valence-electron chi connectivity index (χ2n) is 11.8. The van der Waals surface area contributed by atoms with E-state index in [-0.39, 0.29) is 24.7 Å². The number of fused-ring (bicyclic) bond motifs is 1. The first kappa shape index (κ1) is 29.5. The van der Waals surface area contributed by atoms with Crippen LogP contribution in [0.4, 0.5) is 10.6 Å². The topological polar surface area (TPSA) is 93.6 Å². The van der Waals surface area contributed by atoms with E-state index in [1.165, 1.54) is 12.5 Å². The number of piperidine rings is 1. The van der Waals surface area contributed by atoms with Gasteiger partial charge in [0, 0.05) is 24.9 Å². The lowest BCUT2D eigenvalue weighted by Crippen LogP contribution is -2.42. The first-order valence-electron chi connectivity index (χ1n) is 14.4. The molecule has 0 radical (unpaired) electrons. The number of ether oxygens (including phenoxy) is 2. The van der Waals surface area contributed by atoms with Gasteiger partial charge in [-0.05, 0) is 68.7 Å². The van der Waals surface area contributed by atoms with Crippen LogP contribution in [-0.2, 0) is 20.7 Å². The highest BCUT2D eigenvalue weighted by Crippen LogP contribution is 2.37. The van der Waals surface area contributed by atoms with E-state index in [0.29, 0.717) is 11.7 Å². The molecule has 1 amide bonds. The minimum Gasteiger partial charge on any atom is -0.463 e. The molecule has 0 bridgehead atoms. The molecule has 8 nitrogen and oxygen atoms in total. The lowest BCUT2D eigenvalue weighted by molar-refractivity contribution is -0.141. The number of rotatable bonds is 8. The van der Waals surface area contributed by atoms with Crippen molar-refractivity contribution in [1.82, 2.24) is 14.9 Å². The Morgan fingerprint density at radius 3 is 2.43 bits per heavy atom. The number of thiophene rings is 1. The SMILES string of the molecule is CC(=O)OCC(Nc1ncnc2cc(-c3ccc(CC4CCN(C(=O)OC(C)(C)C)CC4)cc3)sc12)c1ccccc1. The third-order valence-corrected chi connectivity index (χ3v) is 8.49. The number of anilines is 1. The quantitative estimate of drug-likeness (QED) is 0.217. The number of amides is 1. The van der Waals surface area contributed by atoms with E-state index in [1.807, 2.05) is 56.0 Å². The molecule has 220 valence electrons. The fourth-order valence-electron chi connectivity index (χ4n) is 5.16. The lowest BCUT2D eigenvalue weighted by atomic mass is 9.90. The van der Waals surface area contributed by atoms with Crippen LogP contribution >= 0.6 is 11.3 Å². The highest BCUT2D eigenvalue weighted by molar-refractivity contribution is 7.22. The van der Waals surface area contributed by atoms with Gasteiger partial charge in [-0.25, -0.2) is 14.8 Å². The fraction of sp³-hybridized carbons (Fsp3) is 0.394. The summed E-state index contributed by atoms with van der Waals surface area (Å²) in [7, 11) is 0. The van der Waals surface area contributed by atoms with Crippen molar-refractivity contribution in [3.63, 3.8) is 0 Å². The molecule has 1 saturated heterocycles. The predicted octanol–water partition coefficient (Wildman–Crippen LogP) is 7.26. The summed E-state index contributed by atoms with van der Waals surface area (Å²) < 4.78 is 11.8. The monoisotopic (exact) mass is 586 g/mol. The maximum atomic E-state index is 12.4. The first-order chi connectivity index (χ1) is 20.1. The number of carbonyl (C=O) groups excluding carboxylic acids is 2. The number of esters is 1. The Morgan fingerprint density at radius 1 is 1.05 bits per heavy atom. The van der Waals surface area contributed by atoms with E-state index in [2.05, 4.69) is 45.6 Å². The summed E-state index contributed by atoms with van der Waals surface area (Å²) >= 11 is 1.64. The van der Waals surface area contributed by atoms with E-state index < -0.39 is 5.60 Å². The van der Waals surface area contributed by atoms with Crippen molar-refractivity contribution in [3.8, 4) is 10.4 Å². The standard InChI is InChI=1S/C33H38N4O4S/c1-22(38)40-20-28(25-8-6-5-7-9-25)36-31-30-27(34-21-35-31)19-29(42-30)26-12-10-23(11-13-26)18-24-14-16-37(17-15-24)32(39)41-33(2,3)4/h5-13,19,21,24,28H,14-18,20H2,1-4H3,(H,34,35,36). The molecule has 9 heteroatoms. The zero-order valence-corrected chi connectivity index (χ0v) is 25.4. The Balaban J connectivity index is 1.25. The van der Waals surface area contributed by atoms with Gasteiger partial charge in [0.15, 0.2) is 0 Å². The number of hydrogen-bond acceptors (Lipinski definition) is 8. The van der Waals surface area contributed by atoms with Crippen LogP contribution in [0.3, 0.4) is 0 Å². The summed E-state index contributed by atoms with van der Waals surface area (Å²) in [6.45, 7) is 8.80. The summed E-state index contributed by atoms with van der Waals surface area (Å²) in [6, 6.07) is 20.5. The lowest BCUT2D eigenvalue weighted by Gasteiger charge is -2.33. The zero-order valence-electron chi connectivity index (χ0n) is 24.6. The van der Waals surface area contributed by atoms with Gasteiger partial charge in [0.1, 0.15) is 24.4 Å². The Labute approximate surface area is 251 Å². The van der Waals surface area contributed by atoms with Gasteiger partial charge in [-0.15, -0.1) is 11.3 Å². The molecule has 0 spiro atoms. The van der Waals surface area contributed by atoms with Crippen molar-refractivity contribution in [2.75, 3.05) is 25.0 Å². The smallest absolute Gasteiger partial charge is 0.410 e. The molecule has 1 aliphatic heterocycles. The van der Waals surface area contributed by atoms with Crippen LogP contribution in [0.15, 0.2) is 67.0 Å². The minimum absolute atomic E-state index is 0.199. The molecule has 1 atom stereocenters. The number of nitrogens with one attached hydrogen (secondary N) is 1. The van der Waals surface area contributed by atoms with Gasteiger partial charge in [-0.1, -0.05) is 54.6 Å². The number of hydrogen-bond donors (Lipinski definition) is 1. The highest BCUT2D eigenvalue weighted by Gasteiger charge is 2.27. The maximum Gasteiger partial charge on any atom is 0.410 e. The van der Waals surface area contributed by atoms with Gasteiger partial charge < -0.3 is 19.7 Å². The van der Waals surface area contributed by atoms with Crippen molar-refractivity contribution in [1.29, 1.82) is 0 Å². The number of aromatic nitrogens is 2. The molecule has 2 aromatic heterocycles. The van der Waals surface area contributed by atoms with E-state index in [4.69, 9.17) is 9.47 Å². The Bertz CT molecular complexity index is 1510. The second-order valence-corrected chi connectivity index (χ2v) is 12.8. The van der Waals surface area contributed by atoms with Crippen LogP contribution in [0.2, 0.25) is 0 Å². The number of nitrogens with zero attached hydrogens (tertiary/aromatic N) is 3. The normalized spacial score (nSPS) is 14.9. The molecule has 5 rings (SSSR count). The minimum atomic E-state index is -0.468. The molecule has 42 heavy (non-hydrogen) atoms. The molecule has 1 aliphatic rings. The molecule has 0 aliphatic carbocycles. The fourth-order valence-corrected chi connectivity index (χ4v) is 6.23. The predicted molar refractivity (Wildman–Crippen MR) is 167 cm³/mol. The van der Waals surface area contributed by atoms with Gasteiger partial charge in [0.2, 0.25) is 0 Å². The molecular formula is C33H38N4O4S. The Hall–Kier alpha value is -3.98. The maximum absolute atomic E-state index is 12.4. The van der Waals surface area contributed by atoms with E-state index in [9.17, 15) is 9.59 Å². The van der Waals surface area contributed by atoms with Crippen molar-refractivity contribution in [3.05, 3.63) is 78.1 Å². The third-order valence-electron chi connectivity index (χ3n) is 7.31. The van der Waals surface area contributed by atoms with Crippen molar-refractivity contribution >= 4 is 39.4 Å². The third kappa shape index (κ3) is 7.64. The van der Waals surface area contributed by atoms with E-state index in [0.717, 1.165) is 58.6 Å². The Kier molecular flexibility index (Phi) is 9.06. The molecule has 1 unspecified atom stereocenters. The van der Waals surface area contributed by atoms with Crippen LogP contribution in [0.1, 0.15) is 57.7 Å². The molecule has 2 aromatic carbocycles. The van der Waals surface area contributed by atoms with Crippen LogP contribution < -0.4 is 5.32 Å². The summed E-state index contributed by atoms with van der Waals surface area (Å²) in [5.41, 5.74) is 3.84. The molecule has 0 saturated carbocycles. The van der Waals surface area contributed by atoms with Crippen molar-refractivity contribution in [2.24, 2.45) is 5.92 Å². The first-order valence-corrected chi connectivity index (χ1v) is 15.2. The summed E-state index contributed by atoms with van der Waals surface area (Å²) in [4.78, 5) is 35.9. The van der Waals surface area contributed by atoms with Gasteiger partial charge in [-0.3, -0.25) is 4.79 Å². The van der Waals surface area contributed by atoms with Gasteiger partial charge in [-0.2, -0.15) is 0 Å². The number of carbonyl (C=O) groups is 2. The summed E-state index contributed by atoms with van der Waals surface area (Å²) in [5, 5.41) is 3.48. The summed E-state index contributed by atoms with van der Waals surface area (Å²) in [6.07, 6.45) is 4.31. The van der Waals surface area contributed by atoms with Crippen molar-refractivity contribution < 1.29 is 19.1 Å². The largest absolute Gasteiger partial charge is 0.463 e.